The van der Waals surface area contributed by atoms with Crippen LogP contribution < -0.4 is 16.0 Å². The van der Waals surface area contributed by atoms with Crippen LogP contribution in [0, 0.1) is 0 Å². The van der Waals surface area contributed by atoms with Crippen LogP contribution in [0.4, 0.5) is 0 Å². The van der Waals surface area contributed by atoms with Gasteiger partial charge in [-0.1, -0.05) is 6.92 Å². The second-order valence-corrected chi connectivity index (χ2v) is 4.44. The summed E-state index contributed by atoms with van der Waals surface area (Å²) in [6.07, 6.45) is 1.20. The number of methoxy groups -OCH3 is 1. The van der Waals surface area contributed by atoms with Crippen LogP contribution in [0.3, 0.4) is 0 Å². The molecule has 0 heterocycles. The SMILES string of the molecule is CCCNCCN(CCNC)CCNCCOC. The molecule has 0 bridgehead atoms. The lowest BCUT2D eigenvalue weighted by Gasteiger charge is -2.22. The van der Waals surface area contributed by atoms with Crippen LogP contribution in [0.2, 0.25) is 0 Å². The van der Waals surface area contributed by atoms with Crippen molar-refractivity contribution in [3.8, 4) is 0 Å². The summed E-state index contributed by atoms with van der Waals surface area (Å²) >= 11 is 0. The number of nitrogens with one attached hydrogen (secondary N) is 3. The molecule has 0 saturated heterocycles. The van der Waals surface area contributed by atoms with Gasteiger partial charge in [0.05, 0.1) is 6.61 Å². The topological polar surface area (TPSA) is 48.6 Å². The Bertz CT molecular complexity index is 158. The number of hydrogen-bond donors (Lipinski definition) is 3. The van der Waals surface area contributed by atoms with E-state index in [1.54, 1.807) is 7.11 Å². The minimum atomic E-state index is 0.786. The van der Waals surface area contributed by atoms with Gasteiger partial charge in [-0.15, -0.1) is 0 Å². The van der Waals surface area contributed by atoms with Crippen LogP contribution >= 0.6 is 0 Å². The summed E-state index contributed by atoms with van der Waals surface area (Å²) in [5.41, 5.74) is 0. The molecule has 5 heteroatoms. The lowest BCUT2D eigenvalue weighted by atomic mass is 10.4. The van der Waals surface area contributed by atoms with Gasteiger partial charge in [-0.05, 0) is 20.0 Å². The van der Waals surface area contributed by atoms with Crippen LogP contribution in [0.25, 0.3) is 0 Å². The van der Waals surface area contributed by atoms with Gasteiger partial charge in [-0.2, -0.15) is 0 Å². The van der Waals surface area contributed by atoms with Gasteiger partial charge < -0.3 is 20.7 Å². The van der Waals surface area contributed by atoms with Gasteiger partial charge in [0.1, 0.15) is 0 Å². The molecule has 0 aromatic rings. The maximum absolute atomic E-state index is 5.01. The standard InChI is InChI=1S/C13H32N4O/c1-4-5-15-7-11-17(10-6-14-2)12-8-16-9-13-18-3/h14-16H,4-13H2,1-3H3. The van der Waals surface area contributed by atoms with E-state index in [9.17, 15) is 0 Å². The molecule has 0 aliphatic heterocycles. The van der Waals surface area contributed by atoms with E-state index in [-0.39, 0.29) is 0 Å². The van der Waals surface area contributed by atoms with E-state index in [1.165, 1.54) is 6.42 Å². The van der Waals surface area contributed by atoms with Crippen molar-refractivity contribution >= 4 is 0 Å². The first-order chi connectivity index (χ1) is 8.85. The van der Waals surface area contributed by atoms with Crippen molar-refractivity contribution in [1.82, 2.24) is 20.9 Å². The maximum atomic E-state index is 5.01. The molecule has 0 aliphatic rings. The second-order valence-electron chi connectivity index (χ2n) is 4.44. The Morgan fingerprint density at radius 3 is 2.06 bits per heavy atom. The fraction of sp³-hybridized carbons (Fsp3) is 1.00. The Hall–Kier alpha value is -0.200. The molecule has 0 rings (SSSR count). The summed E-state index contributed by atoms with van der Waals surface area (Å²) in [7, 11) is 3.74. The quantitative estimate of drug-likeness (QED) is 0.376. The third-order valence-corrected chi connectivity index (χ3v) is 2.80. The van der Waals surface area contributed by atoms with Crippen LogP contribution in [0.1, 0.15) is 13.3 Å². The minimum absolute atomic E-state index is 0.786. The predicted octanol–water partition coefficient (Wildman–Crippen LogP) is -0.257. The molecule has 5 nitrogen and oxygen atoms in total. The van der Waals surface area contributed by atoms with Crippen molar-refractivity contribution < 1.29 is 4.74 Å². The maximum Gasteiger partial charge on any atom is 0.0587 e. The Labute approximate surface area is 113 Å². The third kappa shape index (κ3) is 12.3. The van der Waals surface area contributed by atoms with Crippen LogP contribution in [0.15, 0.2) is 0 Å². The number of ether oxygens (including phenoxy) is 1. The van der Waals surface area contributed by atoms with Crippen molar-refractivity contribution in [1.29, 1.82) is 0 Å². The Kier molecular flexibility index (Phi) is 14.7. The molecule has 110 valence electrons. The Morgan fingerprint density at radius 1 is 0.889 bits per heavy atom. The number of rotatable bonds is 14. The van der Waals surface area contributed by atoms with Gasteiger partial charge in [0.2, 0.25) is 0 Å². The summed E-state index contributed by atoms with van der Waals surface area (Å²) < 4.78 is 5.01. The van der Waals surface area contributed by atoms with Crippen molar-refractivity contribution in [2.45, 2.75) is 13.3 Å². The molecule has 0 aromatic carbocycles. The first kappa shape index (κ1) is 17.8. The van der Waals surface area contributed by atoms with Crippen LogP contribution in [-0.4, -0.2) is 78.0 Å². The van der Waals surface area contributed by atoms with Gasteiger partial charge in [-0.3, -0.25) is 4.90 Å². The predicted molar refractivity (Wildman–Crippen MR) is 78.3 cm³/mol. The van der Waals surface area contributed by atoms with E-state index < -0.39 is 0 Å². The van der Waals surface area contributed by atoms with E-state index in [1.807, 2.05) is 7.05 Å². The normalized spacial score (nSPS) is 11.3. The molecule has 0 saturated carbocycles. The highest BCUT2D eigenvalue weighted by Gasteiger charge is 2.03. The Balaban J connectivity index is 3.56. The highest BCUT2D eigenvalue weighted by Crippen LogP contribution is 1.86. The third-order valence-electron chi connectivity index (χ3n) is 2.80. The molecule has 0 aromatic heterocycles. The van der Waals surface area contributed by atoms with E-state index in [4.69, 9.17) is 4.74 Å². The smallest absolute Gasteiger partial charge is 0.0587 e. The molecule has 0 unspecified atom stereocenters. The zero-order valence-electron chi connectivity index (χ0n) is 12.4. The highest BCUT2D eigenvalue weighted by molar-refractivity contribution is 4.63. The summed E-state index contributed by atoms with van der Waals surface area (Å²) in [6, 6.07) is 0. The first-order valence-corrected chi connectivity index (χ1v) is 7.12. The van der Waals surface area contributed by atoms with Crippen LogP contribution in [0.5, 0.6) is 0 Å². The molecule has 3 N–H and O–H groups in total. The summed E-state index contributed by atoms with van der Waals surface area (Å²) in [6.45, 7) is 11.5. The molecule has 0 fully saturated rings. The monoisotopic (exact) mass is 260 g/mol. The Morgan fingerprint density at radius 2 is 1.50 bits per heavy atom. The molecule has 0 radical (unpaired) electrons. The fourth-order valence-corrected chi connectivity index (χ4v) is 1.68. The van der Waals surface area contributed by atoms with E-state index in [0.717, 1.165) is 59.0 Å². The zero-order chi connectivity index (χ0) is 13.5. The average Bonchev–Trinajstić information content (AvgIpc) is 2.39. The molecule has 0 aliphatic carbocycles. The second kappa shape index (κ2) is 14.9. The highest BCUT2D eigenvalue weighted by atomic mass is 16.5. The molecule has 0 atom stereocenters. The van der Waals surface area contributed by atoms with Crippen molar-refractivity contribution in [2.24, 2.45) is 0 Å². The molecule has 18 heavy (non-hydrogen) atoms. The minimum Gasteiger partial charge on any atom is -0.383 e. The summed E-state index contributed by atoms with van der Waals surface area (Å²) in [5, 5.41) is 10.0. The molecule has 0 amide bonds. The van der Waals surface area contributed by atoms with Gasteiger partial charge in [0.15, 0.2) is 0 Å². The molecular formula is C13H32N4O. The summed E-state index contributed by atoms with van der Waals surface area (Å²) in [4.78, 5) is 2.49. The van der Waals surface area contributed by atoms with E-state index >= 15 is 0 Å². The van der Waals surface area contributed by atoms with Crippen LogP contribution in [-0.2, 0) is 4.74 Å². The van der Waals surface area contributed by atoms with Crippen molar-refractivity contribution in [3.05, 3.63) is 0 Å². The van der Waals surface area contributed by atoms with Gasteiger partial charge in [0, 0.05) is 52.9 Å². The van der Waals surface area contributed by atoms with Crippen molar-refractivity contribution in [2.75, 3.05) is 73.1 Å². The van der Waals surface area contributed by atoms with Gasteiger partial charge >= 0.3 is 0 Å². The molecular weight excluding hydrogens is 228 g/mol. The van der Waals surface area contributed by atoms with Crippen molar-refractivity contribution in [3.63, 3.8) is 0 Å². The first-order valence-electron chi connectivity index (χ1n) is 7.12. The summed E-state index contributed by atoms with van der Waals surface area (Å²) in [5.74, 6) is 0. The number of nitrogens with zero attached hydrogens (tertiary/aromatic N) is 1. The van der Waals surface area contributed by atoms with E-state index in [2.05, 4.69) is 27.8 Å². The van der Waals surface area contributed by atoms with Gasteiger partial charge in [0.25, 0.3) is 0 Å². The average molecular weight is 260 g/mol. The molecule has 0 spiro atoms. The lowest BCUT2D eigenvalue weighted by Crippen LogP contribution is -2.40. The zero-order valence-corrected chi connectivity index (χ0v) is 12.4. The lowest BCUT2D eigenvalue weighted by molar-refractivity contribution is 0.196. The number of likely N-dealkylation sites (N-methyl/N-ethyl adjacent to an activating group) is 1. The largest absolute Gasteiger partial charge is 0.383 e. The fourth-order valence-electron chi connectivity index (χ4n) is 1.68. The number of hydrogen-bond acceptors (Lipinski definition) is 5. The van der Waals surface area contributed by atoms with Gasteiger partial charge in [-0.25, -0.2) is 0 Å². The van der Waals surface area contributed by atoms with E-state index in [0.29, 0.717) is 0 Å².